The number of aryl methyl sites for hydroxylation is 10. The van der Waals surface area contributed by atoms with Crippen molar-refractivity contribution in [1.82, 2.24) is 0 Å². The molecule has 0 heterocycles. The Balaban J connectivity index is 1.78. The largest absolute Gasteiger partial charge is 0.242 e. The minimum Gasteiger partial charge on any atom is -0.122 e. The van der Waals surface area contributed by atoms with Gasteiger partial charge in [-0.2, -0.15) is 0 Å². The maximum absolute atomic E-state index is 6.69. The molecule has 0 bridgehead atoms. The SMILES string of the molecule is Cc1cc(C)c(B(c2ccc(B(c3c(C)cc(C)cc3CCl)c3c(C)cc(C)cc3CCl)cc2)c2c(C)cc(C)cc2C)c(C)c1. The Morgan fingerprint density at radius 1 is 0.370 bits per heavy atom. The van der Waals surface area contributed by atoms with E-state index in [9.17, 15) is 0 Å². The molecular formula is C42H46B2Cl2. The Hall–Kier alpha value is -3.19. The lowest BCUT2D eigenvalue weighted by atomic mass is 9.32. The van der Waals surface area contributed by atoms with E-state index in [1.165, 1.54) is 99.5 Å². The molecule has 0 saturated heterocycles. The van der Waals surface area contributed by atoms with Crippen LogP contribution >= 0.6 is 23.2 Å². The van der Waals surface area contributed by atoms with Crippen molar-refractivity contribution in [1.29, 1.82) is 0 Å². The number of halogens is 2. The first-order chi connectivity index (χ1) is 21.8. The van der Waals surface area contributed by atoms with E-state index in [-0.39, 0.29) is 13.4 Å². The van der Waals surface area contributed by atoms with Gasteiger partial charge in [-0.3, -0.25) is 0 Å². The fourth-order valence-electron chi connectivity index (χ4n) is 8.31. The highest BCUT2D eigenvalue weighted by Gasteiger charge is 2.32. The van der Waals surface area contributed by atoms with Crippen LogP contribution in [-0.4, -0.2) is 13.4 Å². The molecule has 0 spiro atoms. The zero-order valence-corrected chi connectivity index (χ0v) is 30.8. The average Bonchev–Trinajstić information content (AvgIpc) is 2.97. The maximum Gasteiger partial charge on any atom is 0.242 e. The van der Waals surface area contributed by atoms with Gasteiger partial charge in [0.2, 0.25) is 13.4 Å². The summed E-state index contributed by atoms with van der Waals surface area (Å²) in [6, 6.07) is 27.9. The average molecular weight is 643 g/mol. The Morgan fingerprint density at radius 2 is 0.609 bits per heavy atom. The van der Waals surface area contributed by atoms with Gasteiger partial charge in [0.1, 0.15) is 0 Å². The molecule has 0 nitrogen and oxygen atoms in total. The minimum atomic E-state index is 0.0156. The maximum atomic E-state index is 6.69. The summed E-state index contributed by atoms with van der Waals surface area (Å²) in [5.41, 5.74) is 23.3. The quantitative estimate of drug-likeness (QED) is 0.123. The van der Waals surface area contributed by atoms with Crippen molar-refractivity contribution in [2.24, 2.45) is 0 Å². The summed E-state index contributed by atoms with van der Waals surface area (Å²) in [5, 5.41) is 0. The van der Waals surface area contributed by atoms with Crippen LogP contribution in [0.4, 0.5) is 0 Å². The van der Waals surface area contributed by atoms with Crippen molar-refractivity contribution in [2.45, 2.75) is 81.0 Å². The molecular weight excluding hydrogens is 597 g/mol. The van der Waals surface area contributed by atoms with Crippen LogP contribution in [0.2, 0.25) is 0 Å². The van der Waals surface area contributed by atoms with Crippen molar-refractivity contribution >= 4 is 69.4 Å². The Labute approximate surface area is 288 Å². The van der Waals surface area contributed by atoms with Gasteiger partial charge < -0.3 is 0 Å². The molecule has 5 aromatic rings. The number of alkyl halides is 2. The van der Waals surface area contributed by atoms with Crippen LogP contribution in [0.15, 0.2) is 72.8 Å². The van der Waals surface area contributed by atoms with E-state index in [0.717, 1.165) is 0 Å². The molecule has 46 heavy (non-hydrogen) atoms. The van der Waals surface area contributed by atoms with Gasteiger partial charge in [0.15, 0.2) is 0 Å². The molecule has 0 aliphatic heterocycles. The van der Waals surface area contributed by atoms with Crippen molar-refractivity contribution in [3.05, 3.63) is 140 Å². The van der Waals surface area contributed by atoms with Crippen LogP contribution in [-0.2, 0) is 11.8 Å². The Bertz CT molecular complexity index is 1760. The number of benzene rings is 5. The van der Waals surface area contributed by atoms with Crippen molar-refractivity contribution in [2.75, 3.05) is 0 Å². The van der Waals surface area contributed by atoms with E-state index in [0.29, 0.717) is 11.8 Å². The van der Waals surface area contributed by atoms with E-state index >= 15 is 0 Å². The second-order valence-electron chi connectivity index (χ2n) is 13.7. The predicted octanol–water partition coefficient (Wildman–Crippen LogP) is 7.28. The zero-order chi connectivity index (χ0) is 33.4. The summed E-state index contributed by atoms with van der Waals surface area (Å²) in [5.74, 6) is 0.932. The molecule has 5 aromatic carbocycles. The molecule has 234 valence electrons. The molecule has 0 aliphatic rings. The normalized spacial score (nSPS) is 11.2. The smallest absolute Gasteiger partial charge is 0.122 e. The molecule has 0 N–H and O–H groups in total. The number of hydrogen-bond donors (Lipinski definition) is 0. The fraction of sp³-hybridized carbons (Fsp3) is 0.286. The second-order valence-corrected chi connectivity index (χ2v) is 14.3. The summed E-state index contributed by atoms with van der Waals surface area (Å²) >= 11 is 13.4. The van der Waals surface area contributed by atoms with E-state index in [2.05, 4.69) is 142 Å². The minimum absolute atomic E-state index is 0.0156. The van der Waals surface area contributed by atoms with Crippen LogP contribution in [0.5, 0.6) is 0 Å². The van der Waals surface area contributed by atoms with E-state index < -0.39 is 0 Å². The topological polar surface area (TPSA) is 0 Å². The van der Waals surface area contributed by atoms with Crippen molar-refractivity contribution in [3.8, 4) is 0 Å². The van der Waals surface area contributed by atoms with E-state index in [1.54, 1.807) is 0 Å². The van der Waals surface area contributed by atoms with Crippen LogP contribution in [0.1, 0.15) is 66.8 Å². The molecule has 0 aromatic heterocycles. The van der Waals surface area contributed by atoms with E-state index in [4.69, 9.17) is 23.2 Å². The summed E-state index contributed by atoms with van der Waals surface area (Å²) < 4.78 is 0. The number of hydrogen-bond acceptors (Lipinski definition) is 0. The van der Waals surface area contributed by atoms with Gasteiger partial charge in [0.05, 0.1) is 0 Å². The zero-order valence-electron chi connectivity index (χ0n) is 29.3. The summed E-state index contributed by atoms with van der Waals surface area (Å²) in [4.78, 5) is 0. The standard InChI is InChI=1S/C42H46B2Cl2/c1-25-15-29(5)39(30(6)16-25)43(40-31(7)17-26(2)18-32(40)8)37-11-13-38(14-12-37)44(41-33(9)19-27(3)21-35(41)23-45)42-34(10)20-28(4)22-36(42)24-46/h11-22H,23-24H2,1-10H3. The van der Waals surface area contributed by atoms with Crippen LogP contribution in [0.25, 0.3) is 0 Å². The Kier molecular flexibility index (Phi) is 10.3. The lowest BCUT2D eigenvalue weighted by molar-refractivity contribution is 1.31. The van der Waals surface area contributed by atoms with Gasteiger partial charge in [0.25, 0.3) is 0 Å². The second kappa shape index (κ2) is 13.9. The molecule has 0 unspecified atom stereocenters. The highest BCUT2D eigenvalue weighted by atomic mass is 35.5. The summed E-state index contributed by atoms with van der Waals surface area (Å²) in [7, 11) is 0. The highest BCUT2D eigenvalue weighted by molar-refractivity contribution is 6.98. The first kappa shape index (κ1) is 34.2. The molecule has 0 radical (unpaired) electrons. The van der Waals surface area contributed by atoms with Gasteiger partial charge in [-0.05, 0) is 80.4 Å². The lowest BCUT2D eigenvalue weighted by Crippen LogP contribution is -2.58. The first-order valence-corrected chi connectivity index (χ1v) is 17.5. The predicted molar refractivity (Wildman–Crippen MR) is 208 cm³/mol. The monoisotopic (exact) mass is 642 g/mol. The van der Waals surface area contributed by atoms with E-state index in [1.807, 2.05) is 0 Å². The Morgan fingerprint density at radius 3 is 0.891 bits per heavy atom. The van der Waals surface area contributed by atoms with Gasteiger partial charge in [-0.15, -0.1) is 23.2 Å². The summed E-state index contributed by atoms with van der Waals surface area (Å²) in [6.07, 6.45) is 0. The molecule has 4 heteroatoms. The third-order valence-corrected chi connectivity index (χ3v) is 10.3. The van der Waals surface area contributed by atoms with Crippen LogP contribution < -0.4 is 32.8 Å². The van der Waals surface area contributed by atoms with Gasteiger partial charge in [-0.1, -0.05) is 161 Å². The third kappa shape index (κ3) is 6.62. The highest BCUT2D eigenvalue weighted by Crippen LogP contribution is 2.17. The molecule has 5 rings (SSSR count). The molecule has 0 saturated carbocycles. The lowest BCUT2D eigenvalue weighted by Gasteiger charge is -2.27. The molecule has 0 atom stereocenters. The fourth-order valence-corrected chi connectivity index (χ4v) is 8.75. The third-order valence-electron chi connectivity index (χ3n) is 9.76. The molecule has 0 aliphatic carbocycles. The molecule has 0 fully saturated rings. The van der Waals surface area contributed by atoms with Gasteiger partial charge in [-0.25, -0.2) is 0 Å². The van der Waals surface area contributed by atoms with Crippen molar-refractivity contribution in [3.63, 3.8) is 0 Å². The summed E-state index contributed by atoms with van der Waals surface area (Å²) in [6.45, 7) is 22.4. The van der Waals surface area contributed by atoms with Crippen molar-refractivity contribution < 1.29 is 0 Å². The van der Waals surface area contributed by atoms with Gasteiger partial charge >= 0.3 is 0 Å². The first-order valence-electron chi connectivity index (χ1n) is 16.4. The number of rotatable bonds is 8. The van der Waals surface area contributed by atoms with Crippen LogP contribution in [0.3, 0.4) is 0 Å². The van der Waals surface area contributed by atoms with Crippen LogP contribution in [0, 0.1) is 69.2 Å². The van der Waals surface area contributed by atoms with Gasteiger partial charge in [0, 0.05) is 11.8 Å². The molecule has 0 amide bonds.